The van der Waals surface area contributed by atoms with E-state index in [4.69, 9.17) is 0 Å². The van der Waals surface area contributed by atoms with E-state index >= 15 is 0 Å². The minimum atomic E-state index is -4.47. The van der Waals surface area contributed by atoms with Crippen molar-refractivity contribution in [3.05, 3.63) is 64.7 Å². The van der Waals surface area contributed by atoms with E-state index in [0.717, 1.165) is 25.0 Å². The van der Waals surface area contributed by atoms with Crippen LogP contribution in [0.5, 0.6) is 0 Å². The SMILES string of the molecule is CNC(=O)c1cccc(NC(=O)C2(c3cccc(C(F)(F)F)c3)CCCC2)c1C. The maximum Gasteiger partial charge on any atom is 0.416 e. The molecule has 154 valence electrons. The summed E-state index contributed by atoms with van der Waals surface area (Å²) in [5.41, 5.74) is 0.127. The van der Waals surface area contributed by atoms with Crippen LogP contribution < -0.4 is 10.6 Å². The third-order valence-corrected chi connectivity index (χ3v) is 5.69. The molecule has 29 heavy (non-hydrogen) atoms. The second-order valence-electron chi connectivity index (χ2n) is 7.38. The molecule has 1 fully saturated rings. The average molecular weight is 404 g/mol. The highest BCUT2D eigenvalue weighted by atomic mass is 19.4. The Balaban J connectivity index is 1.97. The van der Waals surface area contributed by atoms with Gasteiger partial charge in [-0.25, -0.2) is 0 Å². The number of carbonyl (C=O) groups excluding carboxylic acids is 2. The van der Waals surface area contributed by atoms with Crippen molar-refractivity contribution in [2.45, 2.75) is 44.2 Å². The zero-order chi connectivity index (χ0) is 21.2. The summed E-state index contributed by atoms with van der Waals surface area (Å²) < 4.78 is 39.6. The first-order chi connectivity index (χ1) is 13.7. The summed E-state index contributed by atoms with van der Waals surface area (Å²) in [6, 6.07) is 10.0. The molecule has 7 heteroatoms. The predicted octanol–water partition coefficient (Wildman–Crippen LogP) is 4.82. The van der Waals surface area contributed by atoms with Gasteiger partial charge in [-0.05, 0) is 49.1 Å². The molecule has 2 aromatic carbocycles. The van der Waals surface area contributed by atoms with Gasteiger partial charge in [-0.1, -0.05) is 37.1 Å². The molecule has 2 N–H and O–H groups in total. The Hall–Kier alpha value is -2.83. The van der Waals surface area contributed by atoms with E-state index in [-0.39, 0.29) is 11.8 Å². The molecule has 0 saturated heterocycles. The van der Waals surface area contributed by atoms with E-state index in [1.165, 1.54) is 13.1 Å². The summed E-state index contributed by atoms with van der Waals surface area (Å²) in [6.45, 7) is 1.73. The van der Waals surface area contributed by atoms with Crippen LogP contribution in [0.2, 0.25) is 0 Å². The van der Waals surface area contributed by atoms with Crippen molar-refractivity contribution in [3.8, 4) is 0 Å². The molecule has 2 amide bonds. The van der Waals surface area contributed by atoms with Gasteiger partial charge in [0.15, 0.2) is 0 Å². The van der Waals surface area contributed by atoms with Gasteiger partial charge < -0.3 is 10.6 Å². The minimum Gasteiger partial charge on any atom is -0.355 e. The molecular formula is C22H23F3N2O2. The highest BCUT2D eigenvalue weighted by molar-refractivity contribution is 6.02. The van der Waals surface area contributed by atoms with E-state index in [1.54, 1.807) is 31.2 Å². The van der Waals surface area contributed by atoms with Gasteiger partial charge in [0.05, 0.1) is 11.0 Å². The summed E-state index contributed by atoms with van der Waals surface area (Å²) >= 11 is 0. The Labute approximate surface area is 167 Å². The van der Waals surface area contributed by atoms with Crippen molar-refractivity contribution in [3.63, 3.8) is 0 Å². The quantitative estimate of drug-likeness (QED) is 0.767. The van der Waals surface area contributed by atoms with Crippen molar-refractivity contribution in [2.24, 2.45) is 0 Å². The summed E-state index contributed by atoms with van der Waals surface area (Å²) in [5, 5.41) is 5.42. The molecule has 0 unspecified atom stereocenters. The zero-order valence-electron chi connectivity index (χ0n) is 16.3. The first kappa shape index (κ1) is 20.9. The van der Waals surface area contributed by atoms with Crippen molar-refractivity contribution in [1.29, 1.82) is 0 Å². The van der Waals surface area contributed by atoms with E-state index < -0.39 is 17.2 Å². The highest BCUT2D eigenvalue weighted by Gasteiger charge is 2.44. The lowest BCUT2D eigenvalue weighted by Gasteiger charge is -2.29. The molecule has 1 aliphatic carbocycles. The third kappa shape index (κ3) is 3.99. The van der Waals surface area contributed by atoms with Crippen molar-refractivity contribution in [2.75, 3.05) is 12.4 Å². The molecule has 3 rings (SSSR count). The van der Waals surface area contributed by atoms with Crippen molar-refractivity contribution in [1.82, 2.24) is 5.32 Å². The topological polar surface area (TPSA) is 58.2 Å². The molecule has 0 spiro atoms. The van der Waals surface area contributed by atoms with Gasteiger partial charge >= 0.3 is 6.18 Å². The Morgan fingerprint density at radius 1 is 1.03 bits per heavy atom. The fourth-order valence-electron chi connectivity index (χ4n) is 4.01. The zero-order valence-corrected chi connectivity index (χ0v) is 16.3. The van der Waals surface area contributed by atoms with Gasteiger partial charge in [0.25, 0.3) is 5.91 Å². The molecule has 0 radical (unpaired) electrons. The van der Waals surface area contributed by atoms with Gasteiger partial charge in [0, 0.05) is 18.3 Å². The number of amides is 2. The fraction of sp³-hybridized carbons (Fsp3) is 0.364. The van der Waals surface area contributed by atoms with Crippen LogP contribution in [-0.2, 0) is 16.4 Å². The molecule has 0 bridgehead atoms. The lowest BCUT2D eigenvalue weighted by molar-refractivity contribution is -0.137. The summed E-state index contributed by atoms with van der Waals surface area (Å²) in [4.78, 5) is 25.3. The van der Waals surface area contributed by atoms with Crippen LogP contribution >= 0.6 is 0 Å². The molecule has 0 atom stereocenters. The number of benzene rings is 2. The van der Waals surface area contributed by atoms with E-state index in [9.17, 15) is 22.8 Å². The first-order valence-electron chi connectivity index (χ1n) is 9.50. The van der Waals surface area contributed by atoms with Crippen LogP contribution in [0.4, 0.5) is 18.9 Å². The average Bonchev–Trinajstić information content (AvgIpc) is 3.20. The predicted molar refractivity (Wildman–Crippen MR) is 105 cm³/mol. The van der Waals surface area contributed by atoms with Gasteiger partial charge in [0.1, 0.15) is 0 Å². The Morgan fingerprint density at radius 2 is 1.69 bits per heavy atom. The second kappa shape index (κ2) is 7.89. The van der Waals surface area contributed by atoms with E-state index in [2.05, 4.69) is 10.6 Å². The lowest BCUT2D eigenvalue weighted by Crippen LogP contribution is -2.38. The largest absolute Gasteiger partial charge is 0.416 e. The second-order valence-corrected chi connectivity index (χ2v) is 7.38. The normalized spacial score (nSPS) is 15.8. The number of alkyl halides is 3. The molecule has 0 aliphatic heterocycles. The molecule has 4 nitrogen and oxygen atoms in total. The van der Waals surface area contributed by atoms with E-state index in [0.29, 0.717) is 35.2 Å². The van der Waals surface area contributed by atoms with Gasteiger partial charge in [0.2, 0.25) is 5.91 Å². The molecule has 2 aromatic rings. The molecular weight excluding hydrogens is 381 g/mol. The van der Waals surface area contributed by atoms with Crippen LogP contribution in [0.15, 0.2) is 42.5 Å². The molecule has 1 saturated carbocycles. The van der Waals surface area contributed by atoms with Crippen molar-refractivity contribution >= 4 is 17.5 Å². The number of hydrogen-bond acceptors (Lipinski definition) is 2. The Morgan fingerprint density at radius 3 is 2.31 bits per heavy atom. The van der Waals surface area contributed by atoms with E-state index in [1.807, 2.05) is 0 Å². The molecule has 0 heterocycles. The number of rotatable bonds is 4. The maximum absolute atomic E-state index is 13.3. The number of nitrogens with one attached hydrogen (secondary N) is 2. The Bertz CT molecular complexity index is 932. The third-order valence-electron chi connectivity index (χ3n) is 5.69. The standard InChI is InChI=1S/C22H23F3N2O2/c1-14-17(19(28)26-2)9-6-10-18(14)27-20(29)21(11-3-4-12-21)15-7-5-8-16(13-15)22(23,24)25/h5-10,13H,3-4,11-12H2,1-2H3,(H,26,28)(H,27,29). The summed E-state index contributed by atoms with van der Waals surface area (Å²) in [5.74, 6) is -0.612. The Kier molecular flexibility index (Phi) is 5.68. The van der Waals surface area contributed by atoms with Crippen LogP contribution in [0, 0.1) is 6.92 Å². The summed E-state index contributed by atoms with van der Waals surface area (Å²) in [7, 11) is 1.52. The van der Waals surface area contributed by atoms with Crippen LogP contribution in [0.25, 0.3) is 0 Å². The van der Waals surface area contributed by atoms with Gasteiger partial charge in [-0.2, -0.15) is 13.2 Å². The number of carbonyl (C=O) groups is 2. The smallest absolute Gasteiger partial charge is 0.355 e. The molecule has 1 aliphatic rings. The number of anilines is 1. The summed E-state index contributed by atoms with van der Waals surface area (Å²) in [6.07, 6.45) is -1.98. The van der Waals surface area contributed by atoms with Crippen LogP contribution in [-0.4, -0.2) is 18.9 Å². The monoisotopic (exact) mass is 404 g/mol. The van der Waals surface area contributed by atoms with Crippen molar-refractivity contribution < 1.29 is 22.8 Å². The number of hydrogen-bond donors (Lipinski definition) is 2. The number of halogens is 3. The minimum absolute atomic E-state index is 0.271. The van der Waals surface area contributed by atoms with Crippen LogP contribution in [0.1, 0.15) is 52.7 Å². The fourth-order valence-corrected chi connectivity index (χ4v) is 4.01. The molecule has 0 aromatic heterocycles. The van der Waals surface area contributed by atoms with Gasteiger partial charge in [-0.15, -0.1) is 0 Å². The maximum atomic E-state index is 13.3. The first-order valence-corrected chi connectivity index (χ1v) is 9.50. The van der Waals surface area contributed by atoms with Crippen LogP contribution in [0.3, 0.4) is 0 Å². The van der Waals surface area contributed by atoms with Gasteiger partial charge in [-0.3, -0.25) is 9.59 Å². The lowest BCUT2D eigenvalue weighted by atomic mass is 9.77. The highest BCUT2D eigenvalue weighted by Crippen LogP contribution is 2.43.